The van der Waals surface area contributed by atoms with Gasteiger partial charge in [0, 0.05) is 22.2 Å². The summed E-state index contributed by atoms with van der Waals surface area (Å²) < 4.78 is 6.86. The van der Waals surface area contributed by atoms with Crippen LogP contribution in [0.2, 0.25) is 0 Å². The lowest BCUT2D eigenvalue weighted by atomic mass is 9.95. The van der Waals surface area contributed by atoms with Crippen LogP contribution in [-0.2, 0) is 4.79 Å². The number of benzene rings is 1. The van der Waals surface area contributed by atoms with Crippen LogP contribution in [0.15, 0.2) is 44.8 Å². The lowest BCUT2D eigenvalue weighted by molar-refractivity contribution is -0.117. The summed E-state index contributed by atoms with van der Waals surface area (Å²) in [5.41, 5.74) is 2.14. The highest BCUT2D eigenvalue weighted by molar-refractivity contribution is 9.10. The molecule has 4 nitrogen and oxygen atoms in total. The Kier molecular flexibility index (Phi) is 5.95. The Morgan fingerprint density at radius 2 is 2.04 bits per heavy atom. The molecule has 1 heterocycles. The number of hydrogen-bond donors (Lipinski definition) is 1. The quantitative estimate of drug-likeness (QED) is 0.541. The second-order valence-electron chi connectivity index (χ2n) is 6.64. The second kappa shape index (κ2) is 8.37. The molecule has 5 heteroatoms. The normalized spacial score (nSPS) is 15.5. The van der Waals surface area contributed by atoms with Gasteiger partial charge in [-0.25, -0.2) is 0 Å². The summed E-state index contributed by atoms with van der Waals surface area (Å²) in [5.74, 6) is 0.879. The number of aryl methyl sites for hydroxylation is 1. The van der Waals surface area contributed by atoms with E-state index >= 15 is 0 Å². The number of nitrogens with one attached hydrogen (secondary N) is 1. The van der Waals surface area contributed by atoms with Crippen molar-refractivity contribution < 1.29 is 9.21 Å². The number of carbonyl (C=O) groups is 1. The summed E-state index contributed by atoms with van der Waals surface area (Å²) in [5, 5.41) is 12.3. The molecule has 1 aromatic carbocycles. The van der Waals surface area contributed by atoms with Crippen molar-refractivity contribution in [2.45, 2.75) is 45.1 Å². The maximum Gasteiger partial charge on any atom is 0.262 e. The van der Waals surface area contributed by atoms with Crippen molar-refractivity contribution in [3.63, 3.8) is 0 Å². The predicted octanol–water partition coefficient (Wildman–Crippen LogP) is 5.37. The van der Waals surface area contributed by atoms with Crippen LogP contribution in [0.25, 0.3) is 17.4 Å². The van der Waals surface area contributed by atoms with Crippen molar-refractivity contribution in [1.82, 2.24) is 5.32 Å². The number of carbonyl (C=O) groups excluding carboxylic acids is 1. The van der Waals surface area contributed by atoms with Crippen molar-refractivity contribution in [3.05, 3.63) is 51.7 Å². The van der Waals surface area contributed by atoms with E-state index in [4.69, 9.17) is 4.42 Å². The fraction of sp³-hybridized carbons (Fsp3) is 0.333. The standard InChI is InChI=1S/C21H21BrN2O2/c1-14-11-15(7-9-19(14)22)20-10-8-18(26-20)12-16(13-23)21(25)24-17-5-3-2-4-6-17/h7-12,17H,2-6H2,1H3,(H,24,25). The first kappa shape index (κ1) is 18.5. The Balaban J connectivity index is 1.75. The molecular formula is C21H21BrN2O2. The predicted molar refractivity (Wildman–Crippen MR) is 105 cm³/mol. The molecule has 0 unspecified atom stereocenters. The molecule has 1 amide bonds. The van der Waals surface area contributed by atoms with E-state index in [0.29, 0.717) is 11.5 Å². The fourth-order valence-corrected chi connectivity index (χ4v) is 3.43. The highest BCUT2D eigenvalue weighted by atomic mass is 79.9. The molecule has 2 aromatic rings. The van der Waals surface area contributed by atoms with Gasteiger partial charge in [0.1, 0.15) is 23.2 Å². The summed E-state index contributed by atoms with van der Waals surface area (Å²) >= 11 is 3.49. The van der Waals surface area contributed by atoms with E-state index in [1.807, 2.05) is 37.3 Å². The van der Waals surface area contributed by atoms with Gasteiger partial charge in [-0.05, 0) is 49.6 Å². The summed E-state index contributed by atoms with van der Waals surface area (Å²) in [6.45, 7) is 2.01. The minimum absolute atomic E-state index is 0.0726. The third-order valence-corrected chi connectivity index (χ3v) is 5.55. The molecule has 1 N–H and O–H groups in total. The maximum atomic E-state index is 12.4. The zero-order valence-electron chi connectivity index (χ0n) is 14.7. The van der Waals surface area contributed by atoms with Gasteiger partial charge in [-0.15, -0.1) is 0 Å². The van der Waals surface area contributed by atoms with Crippen LogP contribution in [0.1, 0.15) is 43.4 Å². The Morgan fingerprint density at radius 1 is 1.27 bits per heavy atom. The third kappa shape index (κ3) is 4.44. The molecule has 0 bridgehead atoms. The second-order valence-corrected chi connectivity index (χ2v) is 7.50. The molecule has 0 aliphatic heterocycles. The first-order chi connectivity index (χ1) is 12.6. The van der Waals surface area contributed by atoms with Crippen LogP contribution in [0.4, 0.5) is 0 Å². The zero-order valence-corrected chi connectivity index (χ0v) is 16.3. The molecule has 26 heavy (non-hydrogen) atoms. The van der Waals surface area contributed by atoms with E-state index in [0.717, 1.165) is 41.3 Å². The Hall–Kier alpha value is -2.32. The molecule has 1 aliphatic rings. The van der Waals surface area contributed by atoms with Gasteiger partial charge in [0.05, 0.1) is 0 Å². The van der Waals surface area contributed by atoms with Crippen LogP contribution >= 0.6 is 15.9 Å². The SMILES string of the molecule is Cc1cc(-c2ccc(C=C(C#N)C(=O)NC3CCCCC3)o2)ccc1Br. The van der Waals surface area contributed by atoms with Crippen LogP contribution in [-0.4, -0.2) is 11.9 Å². The molecule has 1 aromatic heterocycles. The largest absolute Gasteiger partial charge is 0.457 e. The molecule has 0 radical (unpaired) electrons. The van der Waals surface area contributed by atoms with Crippen molar-refractivity contribution >= 4 is 27.9 Å². The Bertz CT molecular complexity index is 870. The van der Waals surface area contributed by atoms with Gasteiger partial charge in [-0.2, -0.15) is 5.26 Å². The number of nitrogens with zero attached hydrogens (tertiary/aromatic N) is 1. The van der Waals surface area contributed by atoms with Crippen molar-refractivity contribution in [3.8, 4) is 17.4 Å². The van der Waals surface area contributed by atoms with Gasteiger partial charge < -0.3 is 9.73 Å². The minimum atomic E-state index is -0.322. The van der Waals surface area contributed by atoms with Crippen LogP contribution < -0.4 is 5.32 Å². The summed E-state index contributed by atoms with van der Waals surface area (Å²) in [4.78, 5) is 12.4. The van der Waals surface area contributed by atoms with E-state index in [1.165, 1.54) is 12.5 Å². The maximum absolute atomic E-state index is 12.4. The molecule has 1 aliphatic carbocycles. The first-order valence-electron chi connectivity index (χ1n) is 8.86. The number of nitriles is 1. The smallest absolute Gasteiger partial charge is 0.262 e. The van der Waals surface area contributed by atoms with Crippen molar-refractivity contribution in [2.24, 2.45) is 0 Å². The highest BCUT2D eigenvalue weighted by Crippen LogP contribution is 2.27. The van der Waals surface area contributed by atoms with Crippen molar-refractivity contribution in [2.75, 3.05) is 0 Å². The van der Waals surface area contributed by atoms with Gasteiger partial charge >= 0.3 is 0 Å². The van der Waals surface area contributed by atoms with Crippen LogP contribution in [0.3, 0.4) is 0 Å². The molecular weight excluding hydrogens is 392 g/mol. The molecule has 0 spiro atoms. The monoisotopic (exact) mass is 412 g/mol. The average molecular weight is 413 g/mol. The minimum Gasteiger partial charge on any atom is -0.457 e. The summed E-state index contributed by atoms with van der Waals surface area (Å²) in [7, 11) is 0. The molecule has 0 atom stereocenters. The average Bonchev–Trinajstić information content (AvgIpc) is 3.11. The van der Waals surface area contributed by atoms with E-state index in [2.05, 4.69) is 21.2 Å². The Morgan fingerprint density at radius 3 is 2.73 bits per heavy atom. The molecule has 134 valence electrons. The van der Waals surface area contributed by atoms with E-state index in [9.17, 15) is 10.1 Å². The van der Waals surface area contributed by atoms with Gasteiger partial charge in [0.25, 0.3) is 5.91 Å². The summed E-state index contributed by atoms with van der Waals surface area (Å²) in [6.07, 6.45) is 6.96. The van der Waals surface area contributed by atoms with Gasteiger partial charge in [-0.1, -0.05) is 41.3 Å². The lowest BCUT2D eigenvalue weighted by Gasteiger charge is -2.22. The van der Waals surface area contributed by atoms with E-state index in [1.54, 1.807) is 6.07 Å². The third-order valence-electron chi connectivity index (χ3n) is 4.66. The summed E-state index contributed by atoms with van der Waals surface area (Å²) in [6, 6.07) is 11.7. The highest BCUT2D eigenvalue weighted by Gasteiger charge is 2.18. The molecule has 1 saturated carbocycles. The van der Waals surface area contributed by atoms with Crippen LogP contribution in [0.5, 0.6) is 0 Å². The van der Waals surface area contributed by atoms with E-state index < -0.39 is 0 Å². The zero-order chi connectivity index (χ0) is 18.5. The van der Waals surface area contributed by atoms with Crippen LogP contribution in [0, 0.1) is 18.3 Å². The number of rotatable bonds is 4. The lowest BCUT2D eigenvalue weighted by Crippen LogP contribution is -2.36. The van der Waals surface area contributed by atoms with Gasteiger partial charge in [0.15, 0.2) is 0 Å². The van der Waals surface area contributed by atoms with E-state index in [-0.39, 0.29) is 17.5 Å². The number of amides is 1. The molecule has 0 saturated heterocycles. The van der Waals surface area contributed by atoms with Crippen molar-refractivity contribution in [1.29, 1.82) is 5.26 Å². The first-order valence-corrected chi connectivity index (χ1v) is 9.65. The topological polar surface area (TPSA) is 66.0 Å². The Labute approximate surface area is 162 Å². The fourth-order valence-electron chi connectivity index (χ4n) is 3.18. The number of hydrogen-bond acceptors (Lipinski definition) is 3. The van der Waals surface area contributed by atoms with Gasteiger partial charge in [-0.3, -0.25) is 4.79 Å². The van der Waals surface area contributed by atoms with Gasteiger partial charge in [0.2, 0.25) is 0 Å². The molecule has 3 rings (SSSR count). The molecule has 1 fully saturated rings. The number of halogens is 1. The number of furan rings is 1.